The summed E-state index contributed by atoms with van der Waals surface area (Å²) in [5, 5.41) is 15.1. The Labute approximate surface area is 246 Å². The summed E-state index contributed by atoms with van der Waals surface area (Å²) in [6, 6.07) is 24.8. The molecule has 0 atom stereocenters. The number of hydrogen-bond donors (Lipinski definition) is 1. The van der Waals surface area contributed by atoms with E-state index in [0.29, 0.717) is 11.3 Å². The summed E-state index contributed by atoms with van der Waals surface area (Å²) in [5.41, 5.74) is 3.92. The Balaban J connectivity index is 1.39. The van der Waals surface area contributed by atoms with Gasteiger partial charge >= 0.3 is 0 Å². The fraction of sp³-hybridized carbons (Fsp3) is 0.0714. The minimum Gasteiger partial charge on any atom is -0.489 e. The highest BCUT2D eigenvalue weighted by Crippen LogP contribution is 2.30. The molecule has 41 heavy (non-hydrogen) atoms. The Morgan fingerprint density at radius 3 is 2.27 bits per heavy atom. The lowest BCUT2D eigenvalue weighted by molar-refractivity contribution is -0.384. The van der Waals surface area contributed by atoms with E-state index in [4.69, 9.17) is 27.9 Å². The number of nitro benzene ring substituents is 1. The number of carbonyl (C=O) groups is 1. The molecule has 13 heteroatoms. The van der Waals surface area contributed by atoms with E-state index < -0.39 is 27.4 Å². The van der Waals surface area contributed by atoms with Crippen LogP contribution in [0.25, 0.3) is 0 Å². The lowest BCUT2D eigenvalue weighted by Gasteiger charge is -2.24. The molecule has 10 nitrogen and oxygen atoms in total. The molecule has 210 valence electrons. The fourth-order valence-electron chi connectivity index (χ4n) is 3.55. The molecule has 0 aromatic heterocycles. The number of benzene rings is 4. The lowest BCUT2D eigenvalue weighted by Crippen LogP contribution is -2.39. The van der Waals surface area contributed by atoms with Gasteiger partial charge in [0.2, 0.25) is 0 Å². The summed E-state index contributed by atoms with van der Waals surface area (Å²) < 4.78 is 33.4. The van der Waals surface area contributed by atoms with Crippen LogP contribution < -0.4 is 14.5 Å². The predicted octanol–water partition coefficient (Wildman–Crippen LogP) is 5.83. The van der Waals surface area contributed by atoms with Gasteiger partial charge in [0.1, 0.15) is 18.9 Å². The Kier molecular flexibility index (Phi) is 9.56. The van der Waals surface area contributed by atoms with Gasteiger partial charge in [0.05, 0.1) is 31.8 Å². The number of nitrogens with zero attached hydrogens (tertiary/aromatic N) is 3. The number of amides is 1. The SMILES string of the molecule is O=C(CN(c1ccc(Cl)c(Cl)c1)S(=O)(=O)c1ccccc1)NN=Cc1ccc(OCc2ccc([N+](=O)[O-])cc2)cc1. The maximum atomic E-state index is 13.4. The first-order valence-electron chi connectivity index (χ1n) is 11.9. The van der Waals surface area contributed by atoms with Crippen LogP contribution in [-0.4, -0.2) is 32.0 Å². The molecule has 1 N–H and O–H groups in total. The Bertz CT molecular complexity index is 1670. The van der Waals surface area contributed by atoms with Crippen LogP contribution in [0.3, 0.4) is 0 Å². The van der Waals surface area contributed by atoms with E-state index in [9.17, 15) is 23.3 Å². The van der Waals surface area contributed by atoms with Crippen LogP contribution in [0.1, 0.15) is 11.1 Å². The number of hydrazone groups is 1. The molecule has 0 saturated heterocycles. The summed E-state index contributed by atoms with van der Waals surface area (Å²) in [6.45, 7) is -0.343. The maximum Gasteiger partial charge on any atom is 0.269 e. The first-order chi connectivity index (χ1) is 19.6. The van der Waals surface area contributed by atoms with Crippen LogP contribution in [0.4, 0.5) is 11.4 Å². The quantitative estimate of drug-likeness (QED) is 0.129. The average molecular weight is 613 g/mol. The highest BCUT2D eigenvalue weighted by molar-refractivity contribution is 7.92. The topological polar surface area (TPSA) is 131 Å². The van der Waals surface area contributed by atoms with Gasteiger partial charge in [-0.05, 0) is 77.9 Å². The Morgan fingerprint density at radius 2 is 1.63 bits per heavy atom. The van der Waals surface area contributed by atoms with Crippen molar-refractivity contribution in [1.29, 1.82) is 0 Å². The second-order valence-corrected chi connectivity index (χ2v) is 11.2. The van der Waals surface area contributed by atoms with Crippen molar-refractivity contribution in [2.24, 2.45) is 5.10 Å². The van der Waals surface area contributed by atoms with E-state index in [2.05, 4.69) is 10.5 Å². The monoisotopic (exact) mass is 612 g/mol. The number of nitrogens with one attached hydrogen (secondary N) is 1. The molecule has 0 unspecified atom stereocenters. The highest BCUT2D eigenvalue weighted by Gasteiger charge is 2.27. The lowest BCUT2D eigenvalue weighted by atomic mass is 10.2. The summed E-state index contributed by atoms with van der Waals surface area (Å²) >= 11 is 12.1. The summed E-state index contributed by atoms with van der Waals surface area (Å²) in [7, 11) is -4.12. The van der Waals surface area contributed by atoms with Crippen LogP contribution in [0.2, 0.25) is 10.0 Å². The van der Waals surface area contributed by atoms with Crippen LogP contribution in [-0.2, 0) is 21.4 Å². The zero-order chi connectivity index (χ0) is 29.4. The molecule has 0 radical (unpaired) electrons. The zero-order valence-corrected chi connectivity index (χ0v) is 23.5. The third-order valence-electron chi connectivity index (χ3n) is 5.65. The van der Waals surface area contributed by atoms with Gasteiger partial charge in [-0.25, -0.2) is 13.8 Å². The largest absolute Gasteiger partial charge is 0.489 e. The van der Waals surface area contributed by atoms with Crippen LogP contribution in [0, 0.1) is 10.1 Å². The van der Waals surface area contributed by atoms with Crippen molar-refractivity contribution < 1.29 is 22.9 Å². The van der Waals surface area contributed by atoms with Crippen molar-refractivity contribution in [3.63, 3.8) is 0 Å². The molecule has 4 rings (SSSR count). The average Bonchev–Trinajstić information content (AvgIpc) is 2.97. The predicted molar refractivity (Wildman–Crippen MR) is 157 cm³/mol. The van der Waals surface area contributed by atoms with Gasteiger partial charge in [-0.3, -0.25) is 19.2 Å². The third kappa shape index (κ3) is 7.82. The van der Waals surface area contributed by atoms with Gasteiger partial charge in [-0.2, -0.15) is 5.10 Å². The normalized spacial score (nSPS) is 11.3. The van der Waals surface area contributed by atoms with Crippen molar-refractivity contribution in [2.45, 2.75) is 11.5 Å². The molecule has 0 aliphatic carbocycles. The van der Waals surface area contributed by atoms with E-state index in [1.165, 1.54) is 48.7 Å². The van der Waals surface area contributed by atoms with Gasteiger partial charge in [0.15, 0.2) is 0 Å². The number of halogens is 2. The fourth-order valence-corrected chi connectivity index (χ4v) is 5.28. The first-order valence-corrected chi connectivity index (χ1v) is 14.1. The van der Waals surface area contributed by atoms with Crippen molar-refractivity contribution in [2.75, 3.05) is 10.8 Å². The first kappa shape index (κ1) is 29.5. The number of nitro groups is 1. The van der Waals surface area contributed by atoms with Gasteiger partial charge < -0.3 is 4.74 Å². The van der Waals surface area contributed by atoms with Gasteiger partial charge in [-0.15, -0.1) is 0 Å². The third-order valence-corrected chi connectivity index (χ3v) is 8.17. The zero-order valence-electron chi connectivity index (χ0n) is 21.2. The molecule has 0 bridgehead atoms. The second-order valence-electron chi connectivity index (χ2n) is 8.50. The summed E-state index contributed by atoms with van der Waals surface area (Å²) in [4.78, 5) is 23.0. The van der Waals surface area contributed by atoms with E-state index >= 15 is 0 Å². The molecular weight excluding hydrogens is 591 g/mol. The molecule has 4 aromatic carbocycles. The Morgan fingerprint density at radius 1 is 0.951 bits per heavy atom. The Hall–Kier alpha value is -4.45. The molecule has 0 heterocycles. The maximum absolute atomic E-state index is 13.4. The highest BCUT2D eigenvalue weighted by atomic mass is 35.5. The minimum atomic E-state index is -4.12. The molecule has 4 aromatic rings. The summed E-state index contributed by atoms with van der Waals surface area (Å²) in [5.74, 6) is -0.122. The van der Waals surface area contributed by atoms with Crippen LogP contribution in [0.15, 0.2) is 107 Å². The van der Waals surface area contributed by atoms with Gasteiger partial charge in [0.25, 0.3) is 21.6 Å². The number of sulfonamides is 1. The number of carbonyl (C=O) groups excluding carboxylic acids is 1. The number of hydrogen-bond acceptors (Lipinski definition) is 7. The molecule has 0 fully saturated rings. The number of non-ortho nitro benzene ring substituents is 1. The molecular formula is C28H22Cl2N4O6S. The van der Waals surface area contributed by atoms with Crippen LogP contribution in [0.5, 0.6) is 5.75 Å². The second kappa shape index (κ2) is 13.3. The molecule has 0 saturated carbocycles. The molecule has 0 aliphatic rings. The molecule has 1 amide bonds. The smallest absolute Gasteiger partial charge is 0.269 e. The van der Waals surface area contributed by atoms with Gasteiger partial charge in [0, 0.05) is 12.1 Å². The number of rotatable bonds is 11. The van der Waals surface area contributed by atoms with Crippen molar-refractivity contribution in [1.82, 2.24) is 5.43 Å². The minimum absolute atomic E-state index is 0.00161. The van der Waals surface area contributed by atoms with Crippen molar-refractivity contribution in [3.05, 3.63) is 128 Å². The van der Waals surface area contributed by atoms with E-state index in [0.717, 1.165) is 9.87 Å². The molecule has 0 aliphatic heterocycles. The summed E-state index contributed by atoms with van der Waals surface area (Å²) in [6.07, 6.45) is 1.40. The van der Waals surface area contributed by atoms with E-state index in [1.807, 2.05) is 0 Å². The van der Waals surface area contributed by atoms with Gasteiger partial charge in [-0.1, -0.05) is 41.4 Å². The van der Waals surface area contributed by atoms with Crippen LogP contribution >= 0.6 is 23.2 Å². The van der Waals surface area contributed by atoms with E-state index in [1.54, 1.807) is 54.6 Å². The number of anilines is 1. The number of ether oxygens (including phenoxy) is 1. The van der Waals surface area contributed by atoms with Crippen molar-refractivity contribution >= 4 is 56.7 Å². The van der Waals surface area contributed by atoms with E-state index in [-0.39, 0.29) is 32.9 Å². The van der Waals surface area contributed by atoms with Crippen molar-refractivity contribution in [3.8, 4) is 5.75 Å². The standard InChI is InChI=1S/C28H22Cl2N4O6S/c29-26-15-12-23(16-27(26)30)33(41(38,39)25-4-2-1-3-5-25)18-28(35)32-31-17-20-8-13-24(14-9-20)40-19-21-6-10-22(11-7-21)34(36)37/h1-17H,18-19H2,(H,32,35). The molecule has 0 spiro atoms.